The third-order valence-corrected chi connectivity index (χ3v) is 4.10. The highest BCUT2D eigenvalue weighted by atomic mass is 16.4. The maximum atomic E-state index is 11.6. The van der Waals surface area contributed by atoms with Gasteiger partial charge in [-0.1, -0.05) is 0 Å². The average Bonchev–Trinajstić information content (AvgIpc) is 3.22. The van der Waals surface area contributed by atoms with E-state index in [1.165, 1.54) is 19.0 Å². The number of hydrogen-bond acceptors (Lipinski definition) is 4. The van der Waals surface area contributed by atoms with E-state index < -0.39 is 5.97 Å². The van der Waals surface area contributed by atoms with Gasteiger partial charge in [0.2, 0.25) is 0 Å². The molecule has 0 aromatic carbocycles. The number of fused-ring (bicyclic) bond motifs is 1. The second-order valence-electron chi connectivity index (χ2n) is 5.72. The number of nitrogens with zero attached hydrogens (tertiary/aromatic N) is 4. The molecule has 1 N–H and O–H groups in total. The van der Waals surface area contributed by atoms with E-state index in [1.54, 1.807) is 4.68 Å². The Balaban J connectivity index is 2.23. The lowest BCUT2D eigenvalue weighted by Gasteiger charge is -2.25. The number of carbonyl (C=O) groups is 1. The first kappa shape index (κ1) is 13.9. The Kier molecular flexibility index (Phi) is 3.31. The number of carboxylic acids is 1. The van der Waals surface area contributed by atoms with Crippen molar-refractivity contribution >= 4 is 22.7 Å². The van der Waals surface area contributed by atoms with E-state index in [1.807, 2.05) is 14.0 Å². The summed E-state index contributed by atoms with van der Waals surface area (Å²) >= 11 is 0. The number of carboxylic acid groups (broad SMARTS) is 1. The Labute approximate surface area is 123 Å². The van der Waals surface area contributed by atoms with E-state index >= 15 is 0 Å². The quantitative estimate of drug-likeness (QED) is 0.913. The smallest absolute Gasteiger partial charge is 0.339 e. The Morgan fingerprint density at radius 1 is 1.52 bits per heavy atom. The lowest BCUT2D eigenvalue weighted by Crippen LogP contribution is -2.27. The van der Waals surface area contributed by atoms with Crippen molar-refractivity contribution in [1.82, 2.24) is 14.8 Å². The molecule has 1 aliphatic carbocycles. The zero-order valence-electron chi connectivity index (χ0n) is 12.6. The number of rotatable bonds is 5. The third kappa shape index (κ3) is 2.34. The fourth-order valence-electron chi connectivity index (χ4n) is 2.87. The van der Waals surface area contributed by atoms with Crippen molar-refractivity contribution in [3.63, 3.8) is 0 Å². The van der Waals surface area contributed by atoms with Gasteiger partial charge in [-0.05, 0) is 32.6 Å². The first-order valence-electron chi connectivity index (χ1n) is 7.33. The second-order valence-corrected chi connectivity index (χ2v) is 5.72. The van der Waals surface area contributed by atoms with Gasteiger partial charge < -0.3 is 10.0 Å². The van der Waals surface area contributed by atoms with Gasteiger partial charge in [-0.15, -0.1) is 0 Å². The molecule has 21 heavy (non-hydrogen) atoms. The summed E-state index contributed by atoms with van der Waals surface area (Å²) in [4.78, 5) is 18.1. The van der Waals surface area contributed by atoms with Crippen LogP contribution in [0, 0.1) is 12.8 Å². The highest BCUT2D eigenvalue weighted by molar-refractivity contribution is 6.04. The summed E-state index contributed by atoms with van der Waals surface area (Å²) in [5.41, 5.74) is 2.60. The summed E-state index contributed by atoms with van der Waals surface area (Å²) in [6.45, 7) is 5.66. The maximum Gasteiger partial charge on any atom is 0.339 e. The van der Waals surface area contributed by atoms with Crippen LogP contribution in [-0.2, 0) is 7.05 Å². The summed E-state index contributed by atoms with van der Waals surface area (Å²) in [5.74, 6) is -0.247. The van der Waals surface area contributed by atoms with E-state index in [2.05, 4.69) is 21.9 Å². The molecule has 1 aliphatic rings. The van der Waals surface area contributed by atoms with Crippen molar-refractivity contribution in [1.29, 1.82) is 0 Å². The predicted octanol–water partition coefficient (Wildman–Crippen LogP) is 2.21. The highest BCUT2D eigenvalue weighted by Gasteiger charge is 2.28. The molecule has 112 valence electrons. The Morgan fingerprint density at radius 3 is 2.81 bits per heavy atom. The van der Waals surface area contributed by atoms with Gasteiger partial charge in [0.1, 0.15) is 5.56 Å². The molecule has 2 heterocycles. The molecule has 0 spiro atoms. The lowest BCUT2D eigenvalue weighted by atomic mass is 10.1. The average molecular weight is 288 g/mol. The van der Waals surface area contributed by atoms with Crippen molar-refractivity contribution in [3.8, 4) is 0 Å². The number of aromatic carboxylic acids is 1. The van der Waals surface area contributed by atoms with Gasteiger partial charge >= 0.3 is 5.97 Å². The maximum absolute atomic E-state index is 11.6. The topological polar surface area (TPSA) is 71.2 Å². The van der Waals surface area contributed by atoms with E-state index in [0.29, 0.717) is 5.92 Å². The molecule has 1 fully saturated rings. The molecule has 2 aromatic heterocycles. The molecule has 0 atom stereocenters. The predicted molar refractivity (Wildman–Crippen MR) is 80.8 cm³/mol. The van der Waals surface area contributed by atoms with Crippen LogP contribution in [0.25, 0.3) is 11.0 Å². The Bertz CT molecular complexity index is 703. The van der Waals surface area contributed by atoms with Crippen LogP contribution in [0.2, 0.25) is 0 Å². The number of aromatic nitrogens is 3. The minimum atomic E-state index is -0.933. The molecule has 2 aromatic rings. The number of aryl methyl sites for hydroxylation is 2. The zero-order valence-corrected chi connectivity index (χ0v) is 12.6. The first-order chi connectivity index (χ1) is 10.0. The van der Waals surface area contributed by atoms with Crippen LogP contribution >= 0.6 is 0 Å². The van der Waals surface area contributed by atoms with Crippen LogP contribution in [0.5, 0.6) is 0 Å². The van der Waals surface area contributed by atoms with Gasteiger partial charge in [0.25, 0.3) is 0 Å². The number of hydrogen-bond donors (Lipinski definition) is 1. The summed E-state index contributed by atoms with van der Waals surface area (Å²) in [5, 5.41) is 14.8. The van der Waals surface area contributed by atoms with Crippen molar-refractivity contribution in [2.24, 2.45) is 13.0 Å². The van der Waals surface area contributed by atoms with Gasteiger partial charge in [-0.25, -0.2) is 9.78 Å². The molecule has 0 radical (unpaired) electrons. The Morgan fingerprint density at radius 2 is 2.24 bits per heavy atom. The number of anilines is 1. The summed E-state index contributed by atoms with van der Waals surface area (Å²) in [6, 6.07) is 0. The molecule has 6 heteroatoms. The normalized spacial score (nSPS) is 14.6. The van der Waals surface area contributed by atoms with Crippen molar-refractivity contribution in [2.45, 2.75) is 26.7 Å². The van der Waals surface area contributed by atoms with Crippen LogP contribution in [0.1, 0.15) is 35.8 Å². The first-order valence-corrected chi connectivity index (χ1v) is 7.33. The summed E-state index contributed by atoms with van der Waals surface area (Å²) < 4.78 is 1.71. The molecule has 6 nitrogen and oxygen atoms in total. The monoisotopic (exact) mass is 288 g/mol. The van der Waals surface area contributed by atoms with Gasteiger partial charge in [-0.2, -0.15) is 5.10 Å². The SMILES string of the molecule is CCN(CC1CC1)c1c(C(=O)O)cnc2c1c(C)nn2C. The highest BCUT2D eigenvalue weighted by Crippen LogP contribution is 2.36. The van der Waals surface area contributed by atoms with Gasteiger partial charge in [0.05, 0.1) is 16.8 Å². The summed E-state index contributed by atoms with van der Waals surface area (Å²) in [6.07, 6.45) is 3.93. The van der Waals surface area contributed by atoms with Gasteiger partial charge in [-0.3, -0.25) is 4.68 Å². The second kappa shape index (κ2) is 5.02. The van der Waals surface area contributed by atoms with E-state index in [-0.39, 0.29) is 5.56 Å². The minimum absolute atomic E-state index is 0.265. The fraction of sp³-hybridized carbons (Fsp3) is 0.533. The molecule has 0 amide bonds. The molecule has 0 saturated heterocycles. The van der Waals surface area contributed by atoms with Crippen LogP contribution in [0.4, 0.5) is 5.69 Å². The largest absolute Gasteiger partial charge is 0.478 e. The molecule has 0 bridgehead atoms. The van der Waals surface area contributed by atoms with E-state index in [4.69, 9.17) is 0 Å². The molecule has 1 saturated carbocycles. The van der Waals surface area contributed by atoms with Gasteiger partial charge in [0, 0.05) is 26.3 Å². The van der Waals surface area contributed by atoms with Crippen molar-refractivity contribution < 1.29 is 9.90 Å². The summed E-state index contributed by atoms with van der Waals surface area (Å²) in [7, 11) is 1.84. The fourth-order valence-corrected chi connectivity index (χ4v) is 2.87. The molecule has 0 unspecified atom stereocenters. The van der Waals surface area contributed by atoms with Crippen LogP contribution in [0.15, 0.2) is 6.20 Å². The third-order valence-electron chi connectivity index (χ3n) is 4.10. The molecular formula is C15H20N4O2. The van der Waals surface area contributed by atoms with Crippen LogP contribution in [0.3, 0.4) is 0 Å². The van der Waals surface area contributed by atoms with Crippen molar-refractivity contribution in [2.75, 3.05) is 18.0 Å². The minimum Gasteiger partial charge on any atom is -0.478 e. The molecule has 0 aliphatic heterocycles. The molecule has 3 rings (SSSR count). The Hall–Kier alpha value is -2.11. The van der Waals surface area contributed by atoms with E-state index in [0.717, 1.165) is 35.5 Å². The molecular weight excluding hydrogens is 268 g/mol. The van der Waals surface area contributed by atoms with Gasteiger partial charge in [0.15, 0.2) is 5.65 Å². The van der Waals surface area contributed by atoms with Crippen molar-refractivity contribution in [3.05, 3.63) is 17.5 Å². The standard InChI is InChI=1S/C15H20N4O2/c1-4-19(8-10-5-6-10)13-11(15(20)21)7-16-14-12(13)9(2)17-18(14)3/h7,10H,4-6,8H2,1-3H3,(H,20,21). The zero-order chi connectivity index (χ0) is 15.1. The number of pyridine rings is 1. The van der Waals surface area contributed by atoms with Crippen LogP contribution in [-0.4, -0.2) is 38.9 Å². The van der Waals surface area contributed by atoms with E-state index in [9.17, 15) is 9.90 Å². The van der Waals surface area contributed by atoms with Crippen LogP contribution < -0.4 is 4.90 Å². The lowest BCUT2D eigenvalue weighted by molar-refractivity contribution is 0.0697.